The minimum Gasteiger partial charge on any atom is -0.334 e. The van der Waals surface area contributed by atoms with Gasteiger partial charge >= 0.3 is 0 Å². The summed E-state index contributed by atoms with van der Waals surface area (Å²) in [5.41, 5.74) is 0.0265. The van der Waals surface area contributed by atoms with E-state index in [-0.39, 0.29) is 11.3 Å². The molecular formula is C6H5ClFNO. The maximum Gasteiger partial charge on any atom is 0.195 e. The summed E-state index contributed by atoms with van der Waals surface area (Å²) >= 11 is 5.33. The van der Waals surface area contributed by atoms with Crippen LogP contribution in [0.25, 0.3) is 0 Å². The normalized spacial score (nSPS) is 9.80. The molecular weight excluding hydrogens is 157 g/mol. The van der Waals surface area contributed by atoms with Crippen molar-refractivity contribution in [1.82, 2.24) is 4.98 Å². The second-order valence-corrected chi connectivity index (χ2v) is 2.09. The summed E-state index contributed by atoms with van der Waals surface area (Å²) in [7, 11) is 0. The van der Waals surface area contributed by atoms with Crippen LogP contribution in [0.1, 0.15) is 5.69 Å². The van der Waals surface area contributed by atoms with Crippen molar-refractivity contribution in [3.8, 4) is 0 Å². The van der Waals surface area contributed by atoms with Crippen LogP contribution in [-0.4, -0.2) is 4.98 Å². The van der Waals surface area contributed by atoms with Crippen LogP contribution < -0.4 is 5.43 Å². The summed E-state index contributed by atoms with van der Waals surface area (Å²) in [5.74, 6) is -0.532. The van der Waals surface area contributed by atoms with Crippen LogP contribution in [-0.2, 0) is 5.88 Å². The van der Waals surface area contributed by atoms with Crippen molar-refractivity contribution in [2.45, 2.75) is 5.88 Å². The third-order valence-corrected chi connectivity index (χ3v) is 1.30. The predicted molar refractivity (Wildman–Crippen MR) is 36.6 cm³/mol. The molecule has 0 amide bonds. The Bertz CT molecular complexity index is 283. The lowest BCUT2D eigenvalue weighted by molar-refractivity contribution is 0.578. The Labute approximate surface area is 61.6 Å². The van der Waals surface area contributed by atoms with Crippen molar-refractivity contribution in [1.29, 1.82) is 0 Å². The number of pyridine rings is 1. The first kappa shape index (κ1) is 7.28. The monoisotopic (exact) mass is 161 g/mol. The van der Waals surface area contributed by atoms with Gasteiger partial charge in [0.15, 0.2) is 11.4 Å². The van der Waals surface area contributed by atoms with Crippen molar-refractivity contribution >= 4 is 11.6 Å². The van der Waals surface area contributed by atoms with Gasteiger partial charge in [0.05, 0.1) is 5.88 Å². The number of hydrogen-bond acceptors (Lipinski definition) is 1. The Balaban J connectivity index is 3.19. The number of alkyl halides is 1. The number of hydrogen-bond donors (Lipinski definition) is 1. The van der Waals surface area contributed by atoms with Gasteiger partial charge in [0, 0.05) is 17.8 Å². The molecule has 0 bridgehead atoms. The van der Waals surface area contributed by atoms with Crippen molar-refractivity contribution in [3.05, 3.63) is 34.0 Å². The number of aromatic nitrogens is 1. The van der Waals surface area contributed by atoms with E-state index in [9.17, 15) is 9.18 Å². The van der Waals surface area contributed by atoms with E-state index in [2.05, 4.69) is 4.98 Å². The quantitative estimate of drug-likeness (QED) is 0.488. The highest BCUT2D eigenvalue weighted by Crippen LogP contribution is 1.96. The number of H-pyrrole nitrogens is 1. The number of halogens is 2. The Morgan fingerprint density at radius 3 is 2.80 bits per heavy atom. The zero-order chi connectivity index (χ0) is 7.56. The van der Waals surface area contributed by atoms with Crippen LogP contribution in [0.5, 0.6) is 0 Å². The van der Waals surface area contributed by atoms with Gasteiger partial charge < -0.3 is 4.98 Å². The molecule has 10 heavy (non-hydrogen) atoms. The van der Waals surface area contributed by atoms with E-state index in [0.29, 0.717) is 5.69 Å². The average molecular weight is 162 g/mol. The van der Waals surface area contributed by atoms with Gasteiger partial charge in [-0.15, -0.1) is 11.6 Å². The summed E-state index contributed by atoms with van der Waals surface area (Å²) < 4.78 is 12.3. The molecule has 1 heterocycles. The molecule has 54 valence electrons. The molecule has 2 nitrogen and oxygen atoms in total. The zero-order valence-electron chi connectivity index (χ0n) is 5.03. The van der Waals surface area contributed by atoms with Crippen molar-refractivity contribution < 1.29 is 4.39 Å². The third-order valence-electron chi connectivity index (χ3n) is 1.01. The Morgan fingerprint density at radius 1 is 1.60 bits per heavy atom. The Hall–Kier alpha value is -0.830. The largest absolute Gasteiger partial charge is 0.334 e. The molecule has 4 heteroatoms. The fourth-order valence-electron chi connectivity index (χ4n) is 0.636. The SMILES string of the molecule is O=c1cc(F)[nH]c(CCl)c1. The van der Waals surface area contributed by atoms with Crippen LogP contribution in [0.2, 0.25) is 0 Å². The molecule has 1 rings (SSSR count). The molecule has 0 aliphatic carbocycles. The Morgan fingerprint density at radius 2 is 2.30 bits per heavy atom. The minimum absolute atomic E-state index is 0.118. The van der Waals surface area contributed by atoms with Crippen LogP contribution in [0.4, 0.5) is 4.39 Å². The maximum atomic E-state index is 12.3. The average Bonchev–Trinajstić information content (AvgIpc) is 1.85. The summed E-state index contributed by atoms with van der Waals surface area (Å²) in [5, 5.41) is 0. The fraction of sp³-hybridized carbons (Fsp3) is 0.167. The lowest BCUT2D eigenvalue weighted by atomic mass is 10.4. The van der Waals surface area contributed by atoms with E-state index in [1.54, 1.807) is 0 Å². The lowest BCUT2D eigenvalue weighted by Gasteiger charge is -1.93. The highest BCUT2D eigenvalue weighted by atomic mass is 35.5. The molecule has 0 aliphatic rings. The van der Waals surface area contributed by atoms with E-state index in [4.69, 9.17) is 11.6 Å². The minimum atomic E-state index is -0.650. The molecule has 0 spiro atoms. The van der Waals surface area contributed by atoms with Crippen molar-refractivity contribution in [2.24, 2.45) is 0 Å². The molecule has 1 N–H and O–H groups in total. The van der Waals surface area contributed by atoms with Crippen molar-refractivity contribution in [3.63, 3.8) is 0 Å². The number of nitrogens with one attached hydrogen (secondary N) is 1. The molecule has 1 aromatic heterocycles. The fourth-order valence-corrected chi connectivity index (χ4v) is 0.780. The smallest absolute Gasteiger partial charge is 0.195 e. The van der Waals surface area contributed by atoms with E-state index < -0.39 is 5.95 Å². The van der Waals surface area contributed by atoms with E-state index in [0.717, 1.165) is 6.07 Å². The highest BCUT2D eigenvalue weighted by Gasteiger charge is 1.94. The van der Waals surface area contributed by atoms with Gasteiger partial charge in [0.25, 0.3) is 0 Å². The van der Waals surface area contributed by atoms with Crippen LogP contribution >= 0.6 is 11.6 Å². The zero-order valence-corrected chi connectivity index (χ0v) is 5.78. The van der Waals surface area contributed by atoms with Crippen molar-refractivity contribution in [2.75, 3.05) is 0 Å². The third kappa shape index (κ3) is 1.57. The topological polar surface area (TPSA) is 32.9 Å². The highest BCUT2D eigenvalue weighted by molar-refractivity contribution is 6.16. The molecule has 0 atom stereocenters. The second-order valence-electron chi connectivity index (χ2n) is 1.82. The van der Waals surface area contributed by atoms with Crippen LogP contribution in [0.15, 0.2) is 16.9 Å². The van der Waals surface area contributed by atoms with Gasteiger partial charge in [-0.1, -0.05) is 0 Å². The summed E-state index contributed by atoms with van der Waals surface area (Å²) in [6.07, 6.45) is 0. The molecule has 0 unspecified atom stereocenters. The standard InChI is InChI=1S/C6H5ClFNO/c7-3-4-1-5(10)2-6(8)9-4/h1-2H,3H2,(H,9,10). The van der Waals surface area contributed by atoms with E-state index in [1.807, 2.05) is 0 Å². The van der Waals surface area contributed by atoms with Crippen LogP contribution in [0, 0.1) is 5.95 Å². The second kappa shape index (κ2) is 2.84. The Kier molecular flexibility index (Phi) is 2.06. The summed E-state index contributed by atoms with van der Waals surface area (Å²) in [6, 6.07) is 2.13. The van der Waals surface area contributed by atoms with Gasteiger partial charge in [-0.05, 0) is 0 Å². The molecule has 0 radical (unpaired) electrons. The molecule has 0 fully saturated rings. The summed E-state index contributed by atoms with van der Waals surface area (Å²) in [6.45, 7) is 0. The molecule has 1 aromatic rings. The lowest BCUT2D eigenvalue weighted by Crippen LogP contribution is -2.03. The first-order valence-electron chi connectivity index (χ1n) is 2.67. The first-order chi connectivity index (χ1) is 4.72. The maximum absolute atomic E-state index is 12.3. The molecule has 0 aromatic carbocycles. The van der Waals surface area contributed by atoms with Gasteiger partial charge in [-0.2, -0.15) is 4.39 Å². The summed E-state index contributed by atoms with van der Waals surface area (Å²) in [4.78, 5) is 12.9. The van der Waals surface area contributed by atoms with Gasteiger partial charge in [0.2, 0.25) is 0 Å². The molecule has 0 saturated heterocycles. The van der Waals surface area contributed by atoms with Crippen LogP contribution in [0.3, 0.4) is 0 Å². The molecule has 0 saturated carbocycles. The van der Waals surface area contributed by atoms with E-state index >= 15 is 0 Å². The molecule has 0 aliphatic heterocycles. The predicted octanol–water partition coefficient (Wildman–Crippen LogP) is 1.25. The van der Waals surface area contributed by atoms with E-state index in [1.165, 1.54) is 6.07 Å². The van der Waals surface area contributed by atoms with Gasteiger partial charge in [0.1, 0.15) is 0 Å². The van der Waals surface area contributed by atoms with Gasteiger partial charge in [-0.3, -0.25) is 4.79 Å². The first-order valence-corrected chi connectivity index (χ1v) is 3.20. The number of rotatable bonds is 1. The number of aromatic amines is 1. The van der Waals surface area contributed by atoms with Gasteiger partial charge in [-0.25, -0.2) is 0 Å².